The smallest absolute Gasteiger partial charge is 0.166 e. The summed E-state index contributed by atoms with van der Waals surface area (Å²) in [6.07, 6.45) is 0.858. The van der Waals surface area contributed by atoms with Crippen molar-refractivity contribution in [3.8, 4) is 5.75 Å². The second-order valence-electron chi connectivity index (χ2n) is 4.62. The van der Waals surface area contributed by atoms with Crippen LogP contribution in [0.1, 0.15) is 18.0 Å². The van der Waals surface area contributed by atoms with E-state index in [4.69, 9.17) is 5.73 Å². The monoisotopic (exact) mass is 302 g/mol. The first-order valence-electron chi connectivity index (χ1n) is 5.61. The number of hydrogen-bond donors (Lipinski definition) is 2. The maximum absolute atomic E-state index is 13.5. The molecule has 2 rings (SSSR count). The van der Waals surface area contributed by atoms with Gasteiger partial charge in [0.2, 0.25) is 0 Å². The maximum atomic E-state index is 13.5. The van der Waals surface area contributed by atoms with Crippen molar-refractivity contribution in [2.75, 3.05) is 20.1 Å². The molecule has 0 spiro atoms. The molecular formula is C12H16BrFN2O. The van der Waals surface area contributed by atoms with Gasteiger partial charge in [-0.05, 0) is 38.1 Å². The molecule has 0 aliphatic carbocycles. The van der Waals surface area contributed by atoms with Gasteiger partial charge in [0, 0.05) is 22.6 Å². The molecule has 1 aliphatic rings. The zero-order valence-corrected chi connectivity index (χ0v) is 11.2. The third-order valence-electron chi connectivity index (χ3n) is 3.38. The van der Waals surface area contributed by atoms with Crippen LogP contribution in [0, 0.1) is 11.7 Å². The molecule has 1 aromatic carbocycles. The van der Waals surface area contributed by atoms with Crippen molar-refractivity contribution in [1.29, 1.82) is 0 Å². The predicted molar refractivity (Wildman–Crippen MR) is 68.3 cm³/mol. The lowest BCUT2D eigenvalue weighted by atomic mass is 9.99. The summed E-state index contributed by atoms with van der Waals surface area (Å²) >= 11 is 3.25. The zero-order valence-electron chi connectivity index (χ0n) is 9.66. The van der Waals surface area contributed by atoms with E-state index in [2.05, 4.69) is 20.8 Å². The Balaban J connectivity index is 2.34. The number of phenols is 1. The average Bonchev–Trinajstić information content (AvgIpc) is 2.65. The molecule has 3 N–H and O–H groups in total. The second kappa shape index (κ2) is 4.92. The highest BCUT2D eigenvalue weighted by atomic mass is 79.9. The van der Waals surface area contributed by atoms with Crippen LogP contribution >= 0.6 is 15.9 Å². The van der Waals surface area contributed by atoms with Gasteiger partial charge in [-0.3, -0.25) is 4.90 Å². The minimum atomic E-state index is -0.584. The summed E-state index contributed by atoms with van der Waals surface area (Å²) < 4.78 is 14.1. The summed E-state index contributed by atoms with van der Waals surface area (Å²) in [6, 6.07) is 3.09. The summed E-state index contributed by atoms with van der Waals surface area (Å²) in [5.41, 5.74) is 6.30. The van der Waals surface area contributed by atoms with Gasteiger partial charge in [0.15, 0.2) is 11.6 Å². The van der Waals surface area contributed by atoms with Crippen molar-refractivity contribution in [1.82, 2.24) is 4.90 Å². The van der Waals surface area contributed by atoms with Crippen LogP contribution in [0.3, 0.4) is 0 Å². The summed E-state index contributed by atoms with van der Waals surface area (Å²) in [6.45, 7) is 1.51. The summed E-state index contributed by atoms with van der Waals surface area (Å²) in [4.78, 5) is 2.11. The van der Waals surface area contributed by atoms with Gasteiger partial charge in [-0.2, -0.15) is 0 Å². The number of halogens is 2. The zero-order chi connectivity index (χ0) is 12.6. The SMILES string of the molecule is CN1CC(CN)CC1c1cc(Br)cc(F)c1O. The Morgan fingerprint density at radius 3 is 2.88 bits per heavy atom. The molecule has 94 valence electrons. The maximum Gasteiger partial charge on any atom is 0.166 e. The van der Waals surface area contributed by atoms with E-state index in [1.54, 1.807) is 6.07 Å². The summed E-state index contributed by atoms with van der Waals surface area (Å²) in [5, 5.41) is 9.81. The molecule has 1 aliphatic heterocycles. The molecule has 3 nitrogen and oxygen atoms in total. The molecule has 0 aromatic heterocycles. The van der Waals surface area contributed by atoms with Crippen LogP contribution in [0.4, 0.5) is 4.39 Å². The molecule has 0 amide bonds. The van der Waals surface area contributed by atoms with Crippen LogP contribution in [0.25, 0.3) is 0 Å². The van der Waals surface area contributed by atoms with Crippen LogP contribution in [0.15, 0.2) is 16.6 Å². The minimum absolute atomic E-state index is 0.0375. The average molecular weight is 303 g/mol. The van der Waals surface area contributed by atoms with E-state index in [-0.39, 0.29) is 11.8 Å². The van der Waals surface area contributed by atoms with E-state index in [1.165, 1.54) is 6.07 Å². The van der Waals surface area contributed by atoms with E-state index in [0.29, 0.717) is 22.5 Å². The predicted octanol–water partition coefficient (Wildman–Crippen LogP) is 2.25. The number of aromatic hydroxyl groups is 1. The topological polar surface area (TPSA) is 49.5 Å². The Morgan fingerprint density at radius 2 is 2.29 bits per heavy atom. The molecule has 5 heteroatoms. The Labute approximate surface area is 109 Å². The van der Waals surface area contributed by atoms with E-state index >= 15 is 0 Å². The van der Waals surface area contributed by atoms with Crippen molar-refractivity contribution in [3.05, 3.63) is 28.0 Å². The number of nitrogens with two attached hydrogens (primary N) is 1. The normalized spacial score (nSPS) is 25.4. The first-order valence-corrected chi connectivity index (χ1v) is 6.40. The molecule has 0 bridgehead atoms. The van der Waals surface area contributed by atoms with E-state index in [9.17, 15) is 9.50 Å². The lowest BCUT2D eigenvalue weighted by Crippen LogP contribution is -2.20. The number of hydrogen-bond acceptors (Lipinski definition) is 3. The van der Waals surface area contributed by atoms with Gasteiger partial charge in [0.05, 0.1) is 0 Å². The Kier molecular flexibility index (Phi) is 3.70. The van der Waals surface area contributed by atoms with Crippen molar-refractivity contribution < 1.29 is 9.50 Å². The van der Waals surface area contributed by atoms with Gasteiger partial charge >= 0.3 is 0 Å². The van der Waals surface area contributed by atoms with E-state index < -0.39 is 5.82 Å². The van der Waals surface area contributed by atoms with Crippen molar-refractivity contribution in [2.45, 2.75) is 12.5 Å². The second-order valence-corrected chi connectivity index (χ2v) is 5.53. The number of phenolic OH excluding ortho intramolecular Hbond substituents is 1. The number of rotatable bonds is 2. The molecule has 1 fully saturated rings. The van der Waals surface area contributed by atoms with Gasteiger partial charge in [-0.1, -0.05) is 15.9 Å². The highest BCUT2D eigenvalue weighted by molar-refractivity contribution is 9.10. The lowest BCUT2D eigenvalue weighted by molar-refractivity contribution is 0.302. The van der Waals surface area contributed by atoms with Crippen molar-refractivity contribution >= 4 is 15.9 Å². The highest BCUT2D eigenvalue weighted by Gasteiger charge is 2.32. The van der Waals surface area contributed by atoms with Crippen molar-refractivity contribution in [3.63, 3.8) is 0 Å². The quantitative estimate of drug-likeness (QED) is 0.881. The standard InChI is InChI=1S/C12H16BrFN2O/c1-16-6-7(5-15)2-11(16)9-3-8(13)4-10(14)12(9)17/h3-4,7,11,17H,2,5-6,15H2,1H3. The van der Waals surface area contributed by atoms with Crippen LogP contribution < -0.4 is 5.73 Å². The van der Waals surface area contributed by atoms with E-state index in [0.717, 1.165) is 13.0 Å². The Hall–Kier alpha value is -0.650. The Morgan fingerprint density at radius 1 is 1.59 bits per heavy atom. The van der Waals surface area contributed by atoms with Crippen LogP contribution in [-0.2, 0) is 0 Å². The molecule has 0 saturated carbocycles. The van der Waals surface area contributed by atoms with Crippen LogP contribution in [-0.4, -0.2) is 30.1 Å². The summed E-state index contributed by atoms with van der Waals surface area (Å²) in [7, 11) is 1.97. The number of nitrogens with zero attached hydrogens (tertiary/aromatic N) is 1. The van der Waals surface area contributed by atoms with E-state index in [1.807, 2.05) is 7.05 Å². The first-order chi connectivity index (χ1) is 8.02. The van der Waals surface area contributed by atoms with Crippen LogP contribution in [0.5, 0.6) is 5.75 Å². The molecule has 17 heavy (non-hydrogen) atoms. The summed E-state index contributed by atoms with van der Waals surface area (Å²) in [5.74, 6) is -0.423. The highest BCUT2D eigenvalue weighted by Crippen LogP contribution is 2.40. The fraction of sp³-hybridized carbons (Fsp3) is 0.500. The Bertz CT molecular complexity index is 427. The third kappa shape index (κ3) is 2.46. The largest absolute Gasteiger partial charge is 0.505 e. The van der Waals surface area contributed by atoms with Gasteiger partial charge < -0.3 is 10.8 Å². The number of likely N-dealkylation sites (tertiary alicyclic amines) is 1. The minimum Gasteiger partial charge on any atom is -0.505 e. The molecule has 2 unspecified atom stereocenters. The van der Waals surface area contributed by atoms with Crippen molar-refractivity contribution in [2.24, 2.45) is 11.7 Å². The van der Waals surface area contributed by atoms with Gasteiger partial charge in [0.1, 0.15) is 0 Å². The third-order valence-corrected chi connectivity index (χ3v) is 3.84. The van der Waals surface area contributed by atoms with Gasteiger partial charge in [-0.25, -0.2) is 4.39 Å². The molecule has 1 heterocycles. The fourth-order valence-electron chi connectivity index (χ4n) is 2.48. The first kappa shape index (κ1) is 12.8. The molecular weight excluding hydrogens is 287 g/mol. The van der Waals surface area contributed by atoms with Gasteiger partial charge in [0.25, 0.3) is 0 Å². The molecule has 2 atom stereocenters. The lowest BCUT2D eigenvalue weighted by Gasteiger charge is -2.21. The molecule has 0 radical (unpaired) electrons. The number of benzene rings is 1. The fourth-order valence-corrected chi connectivity index (χ4v) is 2.93. The molecule has 1 aromatic rings. The van der Waals surface area contributed by atoms with Crippen LogP contribution in [0.2, 0.25) is 0 Å². The van der Waals surface area contributed by atoms with Gasteiger partial charge in [-0.15, -0.1) is 0 Å². The molecule has 1 saturated heterocycles.